The molecule has 2 aliphatic rings. The number of hydrogen-bond acceptors (Lipinski definition) is 9. The number of imidazole rings is 1. The molecule has 3 heterocycles. The van der Waals surface area contributed by atoms with Crippen LogP contribution in [-0.2, 0) is 30.4 Å². The van der Waals surface area contributed by atoms with Gasteiger partial charge in [0.15, 0.2) is 0 Å². The summed E-state index contributed by atoms with van der Waals surface area (Å²) in [5.74, 6) is -0.624. The Morgan fingerprint density at radius 3 is 2.10 bits per heavy atom. The van der Waals surface area contributed by atoms with E-state index in [1.807, 2.05) is 67.3 Å². The Labute approximate surface area is 349 Å². The number of aromatic amines is 1. The molecule has 16 heteroatoms. The zero-order chi connectivity index (χ0) is 42.9. The van der Waals surface area contributed by atoms with Crippen LogP contribution in [0.4, 0.5) is 14.4 Å². The summed E-state index contributed by atoms with van der Waals surface area (Å²) in [6.07, 6.45) is 2.95. The van der Waals surface area contributed by atoms with E-state index in [1.54, 1.807) is 43.6 Å². The third-order valence-electron chi connectivity index (χ3n) is 11.1. The van der Waals surface area contributed by atoms with E-state index in [0.29, 0.717) is 37.3 Å². The molecular formula is C44H52N8O8. The van der Waals surface area contributed by atoms with Crippen LogP contribution >= 0.6 is 0 Å². The molecule has 4 atom stereocenters. The fraction of sp³-hybridized carbons (Fsp3) is 0.386. The summed E-state index contributed by atoms with van der Waals surface area (Å²) in [4.78, 5) is 90.4. The number of likely N-dealkylation sites (N-methyl/N-ethyl adjacent to an activating group) is 1. The number of nitrogens with one attached hydrogen (secondary N) is 4. The van der Waals surface area contributed by atoms with Crippen LogP contribution in [0.2, 0.25) is 0 Å². The summed E-state index contributed by atoms with van der Waals surface area (Å²) in [6.45, 7) is 4.86. The predicted molar refractivity (Wildman–Crippen MR) is 222 cm³/mol. The Balaban J connectivity index is 1.02. The Kier molecular flexibility index (Phi) is 13.8. The van der Waals surface area contributed by atoms with Gasteiger partial charge in [-0.05, 0) is 59.4 Å². The van der Waals surface area contributed by atoms with Crippen molar-refractivity contribution in [1.82, 2.24) is 40.6 Å². The van der Waals surface area contributed by atoms with Gasteiger partial charge in [0.05, 0.1) is 32.2 Å². The van der Waals surface area contributed by atoms with E-state index in [-0.39, 0.29) is 24.4 Å². The number of rotatable bonds is 12. The quantitative estimate of drug-likeness (QED) is 0.142. The van der Waals surface area contributed by atoms with Gasteiger partial charge < -0.3 is 34.9 Å². The number of amides is 7. The van der Waals surface area contributed by atoms with Crippen molar-refractivity contribution in [3.8, 4) is 22.4 Å². The predicted octanol–water partition coefficient (Wildman–Crippen LogP) is 5.54. The molecule has 4 unspecified atom stereocenters. The van der Waals surface area contributed by atoms with Crippen molar-refractivity contribution in [3.05, 3.63) is 102 Å². The van der Waals surface area contributed by atoms with Crippen molar-refractivity contribution in [2.45, 2.75) is 70.2 Å². The molecule has 0 spiro atoms. The molecule has 0 radical (unpaired) electrons. The van der Waals surface area contributed by atoms with Crippen LogP contribution in [-0.4, -0.2) is 107 Å². The Morgan fingerprint density at radius 1 is 0.817 bits per heavy atom. The summed E-state index contributed by atoms with van der Waals surface area (Å²) in [7, 11) is 4.10. The molecule has 3 aromatic carbocycles. The second-order valence-electron chi connectivity index (χ2n) is 15.3. The van der Waals surface area contributed by atoms with E-state index in [4.69, 9.17) is 9.47 Å². The summed E-state index contributed by atoms with van der Waals surface area (Å²) in [6, 6.07) is 20.9. The van der Waals surface area contributed by atoms with Gasteiger partial charge in [-0.2, -0.15) is 0 Å². The topological polar surface area (TPSA) is 195 Å². The van der Waals surface area contributed by atoms with Gasteiger partial charge in [0, 0.05) is 26.7 Å². The van der Waals surface area contributed by atoms with E-state index in [2.05, 4.69) is 25.9 Å². The standard InChI is InChI=1S/C44H52N8O8/c1-27(2)37(50(3)44(58)60-5)41(55)51-23-9-13-34(51)38-45-26-33(47-38)31-21-19-30(20-22-31)29-17-15-28(16-18-29)25-46-42(56)49-39(53)35-14-10-24-52(35)40(54)36(48-43(57)59-4)32-11-7-6-8-12-32/h6-8,11-12,15-22,26-27,34-37H,9-10,13-14,23-25H2,1-5H3,(H,45,47)(H,48,57)(H2,46,49,53,56). The monoisotopic (exact) mass is 820 g/mol. The van der Waals surface area contributed by atoms with Gasteiger partial charge in [0.2, 0.25) is 5.91 Å². The Morgan fingerprint density at radius 2 is 1.45 bits per heavy atom. The molecule has 1 aromatic heterocycles. The molecule has 0 saturated carbocycles. The van der Waals surface area contributed by atoms with Crippen molar-refractivity contribution in [2.75, 3.05) is 34.4 Å². The van der Waals surface area contributed by atoms with Gasteiger partial charge in [-0.25, -0.2) is 19.4 Å². The number of alkyl carbamates (subject to hydrolysis) is 1. The Bertz CT molecular complexity index is 2160. The fourth-order valence-corrected chi connectivity index (χ4v) is 7.95. The second-order valence-corrected chi connectivity index (χ2v) is 15.3. The normalized spacial score (nSPS) is 17.1. The number of nitrogens with zero attached hydrogens (tertiary/aromatic N) is 4. The highest BCUT2D eigenvalue weighted by Gasteiger charge is 2.41. The number of carbonyl (C=O) groups excluding carboxylic acids is 6. The van der Waals surface area contributed by atoms with Crippen molar-refractivity contribution in [1.29, 1.82) is 0 Å². The average Bonchev–Trinajstić information content (AvgIpc) is 4.07. The lowest BCUT2D eigenvalue weighted by molar-refractivity contribution is -0.139. The van der Waals surface area contributed by atoms with Gasteiger partial charge in [-0.1, -0.05) is 92.7 Å². The Hall–Kier alpha value is -6.71. The zero-order valence-electron chi connectivity index (χ0n) is 34.5. The number of carbonyl (C=O) groups is 6. The highest BCUT2D eigenvalue weighted by Crippen LogP contribution is 2.34. The van der Waals surface area contributed by atoms with Crippen molar-refractivity contribution >= 4 is 35.9 Å². The van der Waals surface area contributed by atoms with E-state index >= 15 is 0 Å². The lowest BCUT2D eigenvalue weighted by atomic mass is 10.0. The van der Waals surface area contributed by atoms with E-state index < -0.39 is 48.2 Å². The van der Waals surface area contributed by atoms with Crippen molar-refractivity contribution in [2.24, 2.45) is 5.92 Å². The third kappa shape index (κ3) is 9.76. The molecule has 0 bridgehead atoms. The van der Waals surface area contributed by atoms with E-state index in [0.717, 1.165) is 40.8 Å². The number of benzene rings is 3. The molecule has 16 nitrogen and oxygen atoms in total. The maximum atomic E-state index is 13.7. The number of aromatic nitrogens is 2. The largest absolute Gasteiger partial charge is 0.453 e. The molecule has 0 aliphatic carbocycles. The second kappa shape index (κ2) is 19.4. The van der Waals surface area contributed by atoms with E-state index in [9.17, 15) is 28.8 Å². The maximum Gasteiger partial charge on any atom is 0.409 e. The summed E-state index contributed by atoms with van der Waals surface area (Å²) >= 11 is 0. The first-order chi connectivity index (χ1) is 28.9. The number of imide groups is 1. The summed E-state index contributed by atoms with van der Waals surface area (Å²) in [5, 5.41) is 7.65. The first-order valence-electron chi connectivity index (χ1n) is 20.0. The molecule has 60 heavy (non-hydrogen) atoms. The van der Waals surface area contributed by atoms with Crippen LogP contribution < -0.4 is 16.0 Å². The van der Waals surface area contributed by atoms with Crippen LogP contribution in [0.1, 0.15) is 68.6 Å². The number of H-pyrrole nitrogens is 1. The molecule has 2 saturated heterocycles. The lowest BCUT2D eigenvalue weighted by Crippen LogP contribution is -2.52. The molecule has 316 valence electrons. The highest BCUT2D eigenvalue weighted by atomic mass is 16.5. The van der Waals surface area contributed by atoms with Gasteiger partial charge >= 0.3 is 18.2 Å². The van der Waals surface area contributed by atoms with Gasteiger partial charge in [0.25, 0.3) is 11.8 Å². The first kappa shape index (κ1) is 42.9. The SMILES string of the molecule is COC(=O)NC(C(=O)N1CCCC1C(=O)NC(=O)NCc1ccc(-c2ccc(-c3cnc(C4CCCN4C(=O)C(C(C)C)N(C)C(=O)OC)[nH]3)cc2)cc1)c1ccccc1. The minimum Gasteiger partial charge on any atom is -0.453 e. The highest BCUT2D eigenvalue weighted by molar-refractivity contribution is 5.99. The summed E-state index contributed by atoms with van der Waals surface area (Å²) in [5.41, 5.74) is 5.05. The smallest absolute Gasteiger partial charge is 0.409 e. The number of likely N-dealkylation sites (tertiary alicyclic amines) is 2. The summed E-state index contributed by atoms with van der Waals surface area (Å²) < 4.78 is 9.61. The molecule has 2 aliphatic heterocycles. The van der Waals surface area contributed by atoms with Gasteiger partial charge in [0.1, 0.15) is 23.9 Å². The van der Waals surface area contributed by atoms with Crippen LogP contribution in [0.25, 0.3) is 22.4 Å². The maximum absolute atomic E-state index is 13.7. The average molecular weight is 821 g/mol. The van der Waals surface area contributed by atoms with Crippen LogP contribution in [0.15, 0.2) is 85.1 Å². The van der Waals surface area contributed by atoms with Crippen molar-refractivity contribution < 1.29 is 38.2 Å². The van der Waals surface area contributed by atoms with Gasteiger partial charge in [-0.15, -0.1) is 0 Å². The van der Waals surface area contributed by atoms with Crippen LogP contribution in [0, 0.1) is 5.92 Å². The molecule has 4 N–H and O–H groups in total. The fourth-order valence-electron chi connectivity index (χ4n) is 7.95. The van der Waals surface area contributed by atoms with Crippen molar-refractivity contribution in [3.63, 3.8) is 0 Å². The van der Waals surface area contributed by atoms with Crippen LogP contribution in [0.5, 0.6) is 0 Å². The zero-order valence-corrected chi connectivity index (χ0v) is 34.5. The number of methoxy groups -OCH3 is 2. The van der Waals surface area contributed by atoms with Crippen LogP contribution in [0.3, 0.4) is 0 Å². The lowest BCUT2D eigenvalue weighted by Gasteiger charge is -2.34. The number of ether oxygens (including phenoxy) is 2. The molecule has 4 aromatic rings. The number of hydrogen-bond donors (Lipinski definition) is 4. The number of urea groups is 1. The molecule has 6 rings (SSSR count). The minimum absolute atomic E-state index is 0.111. The third-order valence-corrected chi connectivity index (χ3v) is 11.1. The molecule has 7 amide bonds. The molecule has 2 fully saturated rings. The van der Waals surface area contributed by atoms with E-state index in [1.165, 1.54) is 24.0 Å². The minimum atomic E-state index is -1.06. The molecular weight excluding hydrogens is 769 g/mol. The van der Waals surface area contributed by atoms with Gasteiger partial charge in [-0.3, -0.25) is 24.6 Å². The first-order valence-corrected chi connectivity index (χ1v) is 20.0.